The van der Waals surface area contributed by atoms with Gasteiger partial charge in [0.1, 0.15) is 0 Å². The highest BCUT2D eigenvalue weighted by molar-refractivity contribution is 5.26. The lowest BCUT2D eigenvalue weighted by atomic mass is 9.95. The van der Waals surface area contributed by atoms with Crippen LogP contribution in [0.1, 0.15) is 17.3 Å². The van der Waals surface area contributed by atoms with E-state index in [2.05, 4.69) is 15.5 Å². The molecule has 0 radical (unpaired) electrons. The van der Waals surface area contributed by atoms with E-state index in [-0.39, 0.29) is 0 Å². The lowest BCUT2D eigenvalue weighted by Crippen LogP contribution is -2.48. The molecule has 64 valence electrons. The Kier molecular flexibility index (Phi) is 1.27. The van der Waals surface area contributed by atoms with Crippen LogP contribution >= 0.6 is 0 Å². The van der Waals surface area contributed by atoms with Crippen molar-refractivity contribution in [3.8, 4) is 0 Å². The maximum absolute atomic E-state index is 5.46. The fourth-order valence-corrected chi connectivity index (χ4v) is 2.03. The molecule has 1 saturated heterocycles. The molecule has 2 aliphatic rings. The summed E-state index contributed by atoms with van der Waals surface area (Å²) in [7, 11) is 0. The molecule has 0 aromatic carbocycles. The molecule has 4 heteroatoms. The molecule has 3 heterocycles. The van der Waals surface area contributed by atoms with Crippen molar-refractivity contribution in [2.24, 2.45) is 0 Å². The minimum absolute atomic E-state index is 0.367. The fraction of sp³-hybridized carbons (Fsp3) is 0.625. The molecule has 12 heavy (non-hydrogen) atoms. The van der Waals surface area contributed by atoms with Crippen molar-refractivity contribution < 1.29 is 4.74 Å². The summed E-state index contributed by atoms with van der Waals surface area (Å²) in [6.45, 7) is 1.60. The van der Waals surface area contributed by atoms with E-state index in [0.717, 1.165) is 19.6 Å². The van der Waals surface area contributed by atoms with Crippen molar-refractivity contribution in [1.29, 1.82) is 0 Å². The second-order valence-electron chi connectivity index (χ2n) is 3.45. The van der Waals surface area contributed by atoms with E-state index in [4.69, 9.17) is 4.74 Å². The van der Waals surface area contributed by atoms with E-state index in [1.165, 1.54) is 11.3 Å². The Morgan fingerprint density at radius 1 is 1.50 bits per heavy atom. The zero-order valence-corrected chi connectivity index (χ0v) is 6.71. The molecule has 2 N–H and O–H groups in total. The lowest BCUT2D eigenvalue weighted by molar-refractivity contribution is 0.0385. The van der Waals surface area contributed by atoms with Crippen LogP contribution in [0.3, 0.4) is 0 Å². The van der Waals surface area contributed by atoms with Gasteiger partial charge in [-0.25, -0.2) is 0 Å². The lowest BCUT2D eigenvalue weighted by Gasteiger charge is -2.34. The van der Waals surface area contributed by atoms with Crippen LogP contribution in [0.4, 0.5) is 0 Å². The Balaban J connectivity index is 2.04. The summed E-state index contributed by atoms with van der Waals surface area (Å²) in [5, 5.41) is 10.6. The first-order valence-corrected chi connectivity index (χ1v) is 4.30. The quantitative estimate of drug-likeness (QED) is 0.568. The van der Waals surface area contributed by atoms with Crippen LogP contribution in [-0.2, 0) is 11.2 Å². The van der Waals surface area contributed by atoms with Crippen molar-refractivity contribution in [3.05, 3.63) is 17.5 Å². The van der Waals surface area contributed by atoms with Crippen LogP contribution in [0.5, 0.6) is 0 Å². The molecule has 1 aromatic heterocycles. The number of ether oxygens (including phenoxy) is 1. The Morgan fingerprint density at radius 3 is 3.50 bits per heavy atom. The maximum Gasteiger partial charge on any atom is 0.0687 e. The number of hydrogen-bond acceptors (Lipinski definition) is 3. The summed E-state index contributed by atoms with van der Waals surface area (Å²) in [6.07, 6.45) is 2.97. The van der Waals surface area contributed by atoms with Crippen molar-refractivity contribution in [2.45, 2.75) is 18.5 Å². The Morgan fingerprint density at radius 2 is 2.50 bits per heavy atom. The number of aromatic nitrogens is 2. The molecule has 2 unspecified atom stereocenters. The summed E-state index contributed by atoms with van der Waals surface area (Å²) in [6, 6.07) is 0.839. The molecule has 2 bridgehead atoms. The highest BCUT2D eigenvalue weighted by Crippen LogP contribution is 2.26. The minimum atomic E-state index is 0.367. The smallest absolute Gasteiger partial charge is 0.0687 e. The van der Waals surface area contributed by atoms with E-state index in [1.54, 1.807) is 0 Å². The number of nitrogens with one attached hydrogen (secondary N) is 2. The molecule has 1 fully saturated rings. The number of morpholine rings is 1. The molecule has 2 atom stereocenters. The Hall–Kier alpha value is -0.870. The van der Waals surface area contributed by atoms with Gasteiger partial charge < -0.3 is 10.1 Å². The number of aromatic amines is 1. The molecule has 4 nitrogen and oxygen atoms in total. The topological polar surface area (TPSA) is 49.9 Å². The summed E-state index contributed by atoms with van der Waals surface area (Å²) in [4.78, 5) is 0. The highest BCUT2D eigenvalue weighted by atomic mass is 16.5. The summed E-state index contributed by atoms with van der Waals surface area (Å²) in [5.41, 5.74) is 2.50. The third kappa shape index (κ3) is 0.820. The van der Waals surface area contributed by atoms with Crippen LogP contribution in [0.2, 0.25) is 0 Å². The minimum Gasteiger partial charge on any atom is -0.378 e. The average molecular weight is 165 g/mol. The van der Waals surface area contributed by atoms with Gasteiger partial charge in [-0.2, -0.15) is 5.10 Å². The zero-order chi connectivity index (χ0) is 7.97. The first kappa shape index (κ1) is 6.62. The first-order valence-electron chi connectivity index (χ1n) is 4.30. The second kappa shape index (κ2) is 2.31. The number of H-pyrrole nitrogens is 1. The van der Waals surface area contributed by atoms with Crippen LogP contribution in [0, 0.1) is 0 Å². The maximum atomic E-state index is 5.46. The monoisotopic (exact) mass is 165 g/mol. The van der Waals surface area contributed by atoms with Gasteiger partial charge >= 0.3 is 0 Å². The van der Waals surface area contributed by atoms with E-state index in [1.807, 2.05) is 6.20 Å². The van der Waals surface area contributed by atoms with Crippen molar-refractivity contribution >= 4 is 0 Å². The standard InChI is InChI=1S/C8H11N3O/c1-5-3-12-4-8(10-5)6-2-9-11-7(1)6/h2,5,8,10H,1,3-4H2,(H,9,11). The van der Waals surface area contributed by atoms with Gasteiger partial charge in [0.05, 0.1) is 24.9 Å². The molecule has 1 aromatic rings. The number of fused-ring (bicyclic) bond motifs is 4. The van der Waals surface area contributed by atoms with E-state index >= 15 is 0 Å². The second-order valence-corrected chi connectivity index (χ2v) is 3.45. The number of hydrogen-bond donors (Lipinski definition) is 2. The number of nitrogens with zero attached hydrogens (tertiary/aromatic N) is 1. The first-order chi connectivity index (χ1) is 5.93. The average Bonchev–Trinajstić information content (AvgIpc) is 2.53. The van der Waals surface area contributed by atoms with Gasteiger partial charge in [0.2, 0.25) is 0 Å². The van der Waals surface area contributed by atoms with Gasteiger partial charge in [-0.15, -0.1) is 0 Å². The van der Waals surface area contributed by atoms with E-state index in [9.17, 15) is 0 Å². The van der Waals surface area contributed by atoms with Crippen LogP contribution < -0.4 is 5.32 Å². The van der Waals surface area contributed by atoms with Gasteiger partial charge in [0.15, 0.2) is 0 Å². The third-order valence-electron chi connectivity index (χ3n) is 2.61. The molecular formula is C8H11N3O. The number of rotatable bonds is 0. The van der Waals surface area contributed by atoms with Crippen molar-refractivity contribution in [1.82, 2.24) is 15.5 Å². The van der Waals surface area contributed by atoms with E-state index < -0.39 is 0 Å². The summed E-state index contributed by atoms with van der Waals surface area (Å²) in [5.74, 6) is 0. The normalized spacial score (nSPS) is 33.0. The Bertz CT molecular complexity index is 296. The van der Waals surface area contributed by atoms with Crippen LogP contribution in [-0.4, -0.2) is 29.5 Å². The largest absolute Gasteiger partial charge is 0.378 e. The van der Waals surface area contributed by atoms with Crippen LogP contribution in [0.15, 0.2) is 6.20 Å². The summed E-state index contributed by atoms with van der Waals surface area (Å²) < 4.78 is 5.46. The highest BCUT2D eigenvalue weighted by Gasteiger charge is 2.31. The van der Waals surface area contributed by atoms with Gasteiger partial charge in [0, 0.05) is 24.2 Å². The molecule has 0 spiro atoms. The van der Waals surface area contributed by atoms with E-state index in [0.29, 0.717) is 12.1 Å². The van der Waals surface area contributed by atoms with Gasteiger partial charge in [-0.05, 0) is 0 Å². The molecular weight excluding hydrogens is 154 g/mol. The zero-order valence-electron chi connectivity index (χ0n) is 6.71. The van der Waals surface area contributed by atoms with Gasteiger partial charge in [-0.1, -0.05) is 0 Å². The summed E-state index contributed by atoms with van der Waals surface area (Å²) >= 11 is 0. The molecule has 0 aliphatic carbocycles. The molecule has 2 aliphatic heterocycles. The van der Waals surface area contributed by atoms with Gasteiger partial charge in [0.25, 0.3) is 0 Å². The predicted octanol–water partition coefficient (Wildman–Crippen LogP) is -0.00470. The third-order valence-corrected chi connectivity index (χ3v) is 2.61. The van der Waals surface area contributed by atoms with Crippen molar-refractivity contribution in [3.63, 3.8) is 0 Å². The molecule has 0 saturated carbocycles. The molecule has 3 rings (SSSR count). The molecule has 0 amide bonds. The fourth-order valence-electron chi connectivity index (χ4n) is 2.03. The SMILES string of the molecule is c1[nH]nc2c1C1COCC(C2)N1. The van der Waals surface area contributed by atoms with Gasteiger partial charge in [-0.3, -0.25) is 5.10 Å². The Labute approximate surface area is 70.3 Å². The van der Waals surface area contributed by atoms with Crippen molar-refractivity contribution in [2.75, 3.05) is 13.2 Å². The van der Waals surface area contributed by atoms with Crippen LogP contribution in [0.25, 0.3) is 0 Å². The predicted molar refractivity (Wildman–Crippen MR) is 42.8 cm³/mol.